The number of aromatic nitrogens is 2. The lowest BCUT2D eigenvalue weighted by molar-refractivity contribution is 0.656. The Kier molecular flexibility index (Phi) is 6.89. The molecule has 0 amide bonds. The van der Waals surface area contributed by atoms with Crippen LogP contribution in [0.5, 0.6) is 0 Å². The van der Waals surface area contributed by atoms with Crippen LogP contribution in [0.3, 0.4) is 0 Å². The summed E-state index contributed by atoms with van der Waals surface area (Å²) < 4.78 is 8.78. The Bertz CT molecular complexity index is 3370. The van der Waals surface area contributed by atoms with E-state index in [1.165, 1.54) is 33.3 Å². The molecule has 0 fully saturated rings. The van der Waals surface area contributed by atoms with Crippen LogP contribution in [0.1, 0.15) is 0 Å². The van der Waals surface area contributed by atoms with E-state index in [4.69, 9.17) is 9.40 Å². The number of rotatable bonds is 4. The summed E-state index contributed by atoms with van der Waals surface area (Å²) in [6, 6.07) is 71.7. The average molecular weight is 728 g/mol. The molecule has 57 heavy (non-hydrogen) atoms. The van der Waals surface area contributed by atoms with Gasteiger partial charge < -0.3 is 13.9 Å². The van der Waals surface area contributed by atoms with Crippen molar-refractivity contribution >= 4 is 60.9 Å². The standard InChI is InChI=1S/C53H33N3O/c1-2-19-37(20-3-1)56-46-29-11-6-24-41(46)50-40-23-5-10-28-45(40)55(47-30-12-7-25-42(47)52(50)56)38-21-15-17-35(33-38)34-16-14-18-36(32-34)49-39-22-4-9-27-44(39)54-53-51(49)43-26-8-13-31-48(43)57-53/h1-33H. The Morgan fingerprint density at radius 1 is 0.421 bits per heavy atom. The summed E-state index contributed by atoms with van der Waals surface area (Å²) in [5.74, 6) is 0. The van der Waals surface area contributed by atoms with Crippen molar-refractivity contribution in [2.24, 2.45) is 0 Å². The molecular formula is C53H33N3O. The van der Waals surface area contributed by atoms with E-state index in [-0.39, 0.29) is 0 Å². The van der Waals surface area contributed by atoms with E-state index < -0.39 is 0 Å². The molecule has 0 bridgehead atoms. The Morgan fingerprint density at radius 2 is 1.04 bits per heavy atom. The van der Waals surface area contributed by atoms with E-state index >= 15 is 0 Å². The minimum atomic E-state index is 0.657. The van der Waals surface area contributed by atoms with Gasteiger partial charge in [0, 0.05) is 49.8 Å². The van der Waals surface area contributed by atoms with Crippen molar-refractivity contribution in [3.8, 4) is 50.3 Å². The zero-order valence-electron chi connectivity index (χ0n) is 30.8. The van der Waals surface area contributed by atoms with Crippen LogP contribution >= 0.6 is 0 Å². The van der Waals surface area contributed by atoms with Gasteiger partial charge in [0.25, 0.3) is 0 Å². The van der Waals surface area contributed by atoms with Gasteiger partial charge in [-0.15, -0.1) is 0 Å². The molecule has 0 atom stereocenters. The minimum absolute atomic E-state index is 0.657. The highest BCUT2D eigenvalue weighted by molar-refractivity contribution is 6.19. The zero-order chi connectivity index (χ0) is 37.5. The summed E-state index contributed by atoms with van der Waals surface area (Å²) in [5, 5.41) is 4.45. The molecule has 0 saturated heterocycles. The molecule has 0 N–H and O–H groups in total. The van der Waals surface area contributed by atoms with Gasteiger partial charge in [0.1, 0.15) is 5.58 Å². The van der Waals surface area contributed by atoms with E-state index in [1.54, 1.807) is 0 Å². The second-order valence-electron chi connectivity index (χ2n) is 14.7. The molecular weight excluding hydrogens is 695 g/mol. The number of hydrogen-bond acceptors (Lipinski definition) is 3. The van der Waals surface area contributed by atoms with Crippen LogP contribution in [-0.4, -0.2) is 9.55 Å². The fourth-order valence-electron chi connectivity index (χ4n) is 9.13. The van der Waals surface area contributed by atoms with E-state index in [9.17, 15) is 0 Å². The third-order valence-electron chi connectivity index (χ3n) is 11.5. The number of hydrogen-bond donors (Lipinski definition) is 0. The molecule has 4 heterocycles. The molecule has 0 spiro atoms. The number of benzene rings is 8. The summed E-state index contributed by atoms with van der Waals surface area (Å²) in [7, 11) is 0. The van der Waals surface area contributed by atoms with Gasteiger partial charge >= 0.3 is 0 Å². The van der Waals surface area contributed by atoms with Gasteiger partial charge in [-0.05, 0) is 77.4 Å². The Balaban J connectivity index is 1.06. The Morgan fingerprint density at radius 3 is 1.89 bits per heavy atom. The highest BCUT2D eigenvalue weighted by atomic mass is 16.3. The number of nitrogens with zero attached hydrogens (tertiary/aromatic N) is 3. The van der Waals surface area contributed by atoms with Gasteiger partial charge in [0.2, 0.25) is 5.71 Å². The molecule has 1 aliphatic rings. The topological polar surface area (TPSA) is 34.2 Å². The first-order chi connectivity index (χ1) is 28.3. The van der Waals surface area contributed by atoms with Crippen molar-refractivity contribution in [3.05, 3.63) is 200 Å². The smallest absolute Gasteiger partial charge is 0.228 e. The van der Waals surface area contributed by atoms with Crippen LogP contribution < -0.4 is 4.90 Å². The fraction of sp³-hybridized carbons (Fsp3) is 0. The van der Waals surface area contributed by atoms with Crippen molar-refractivity contribution in [3.63, 3.8) is 0 Å². The van der Waals surface area contributed by atoms with Crippen LogP contribution in [0.2, 0.25) is 0 Å². The third-order valence-corrected chi connectivity index (χ3v) is 11.5. The molecule has 266 valence electrons. The maximum absolute atomic E-state index is 6.34. The van der Waals surface area contributed by atoms with Gasteiger partial charge in [-0.2, -0.15) is 0 Å². The number of furan rings is 1. The van der Waals surface area contributed by atoms with Crippen molar-refractivity contribution in [2.75, 3.05) is 4.90 Å². The molecule has 0 saturated carbocycles. The Labute approximate surface area is 329 Å². The van der Waals surface area contributed by atoms with E-state index in [1.807, 2.05) is 18.2 Å². The second kappa shape index (κ2) is 12.4. The molecule has 0 unspecified atom stereocenters. The summed E-state index contributed by atoms with van der Waals surface area (Å²) in [5.41, 5.74) is 17.5. The number of fused-ring (bicyclic) bond motifs is 11. The van der Waals surface area contributed by atoms with E-state index in [2.05, 4.69) is 191 Å². The van der Waals surface area contributed by atoms with Gasteiger partial charge in [-0.3, -0.25) is 0 Å². The first kappa shape index (κ1) is 31.6. The minimum Gasteiger partial charge on any atom is -0.438 e. The van der Waals surface area contributed by atoms with Crippen LogP contribution in [0, 0.1) is 0 Å². The highest BCUT2D eigenvalue weighted by Crippen LogP contribution is 2.54. The molecule has 4 heteroatoms. The summed E-state index contributed by atoms with van der Waals surface area (Å²) in [6.45, 7) is 0. The van der Waals surface area contributed by atoms with Crippen LogP contribution in [0.15, 0.2) is 205 Å². The van der Waals surface area contributed by atoms with Crippen LogP contribution in [0.4, 0.5) is 17.1 Å². The fourth-order valence-corrected chi connectivity index (χ4v) is 9.13. The average Bonchev–Trinajstić information content (AvgIpc) is 3.78. The summed E-state index contributed by atoms with van der Waals surface area (Å²) in [6.07, 6.45) is 0. The number of para-hydroxylation sites is 6. The lowest BCUT2D eigenvalue weighted by atomic mass is 9.93. The van der Waals surface area contributed by atoms with Crippen molar-refractivity contribution < 1.29 is 4.42 Å². The Hall–Kier alpha value is -7.69. The monoisotopic (exact) mass is 727 g/mol. The molecule has 3 aromatic heterocycles. The highest BCUT2D eigenvalue weighted by Gasteiger charge is 2.31. The normalized spacial score (nSPS) is 12.2. The quantitative estimate of drug-likeness (QED) is 0.181. The van der Waals surface area contributed by atoms with Gasteiger partial charge in [0.05, 0.1) is 33.5 Å². The molecule has 4 nitrogen and oxygen atoms in total. The van der Waals surface area contributed by atoms with Crippen molar-refractivity contribution in [2.45, 2.75) is 0 Å². The molecule has 8 aromatic carbocycles. The lowest BCUT2D eigenvalue weighted by Gasteiger charge is -2.28. The van der Waals surface area contributed by atoms with E-state index in [0.29, 0.717) is 5.71 Å². The lowest BCUT2D eigenvalue weighted by Crippen LogP contribution is -2.11. The maximum Gasteiger partial charge on any atom is 0.228 e. The molecule has 12 rings (SSSR count). The largest absolute Gasteiger partial charge is 0.438 e. The van der Waals surface area contributed by atoms with Crippen molar-refractivity contribution in [1.82, 2.24) is 9.55 Å². The molecule has 11 aromatic rings. The van der Waals surface area contributed by atoms with Crippen molar-refractivity contribution in [1.29, 1.82) is 0 Å². The van der Waals surface area contributed by atoms with Gasteiger partial charge in [-0.25, -0.2) is 4.98 Å². The zero-order valence-corrected chi connectivity index (χ0v) is 30.8. The number of anilines is 3. The number of pyridine rings is 1. The van der Waals surface area contributed by atoms with Crippen LogP contribution in [0.25, 0.3) is 94.2 Å². The third kappa shape index (κ3) is 4.77. The summed E-state index contributed by atoms with van der Waals surface area (Å²) >= 11 is 0. The second-order valence-corrected chi connectivity index (χ2v) is 14.7. The molecule has 1 aliphatic heterocycles. The molecule has 0 aliphatic carbocycles. The SMILES string of the molecule is c1ccc(-n2c3c(c4ccccc42)-c2ccccc2N(c2cccc(-c4cccc(-c5c6ccccc6nc6oc7ccccc7c56)c4)c2)c2ccccc2-3)cc1. The predicted molar refractivity (Wildman–Crippen MR) is 236 cm³/mol. The molecule has 0 radical (unpaired) electrons. The van der Waals surface area contributed by atoms with E-state index in [0.717, 1.165) is 72.3 Å². The summed E-state index contributed by atoms with van der Waals surface area (Å²) in [4.78, 5) is 7.41. The predicted octanol–water partition coefficient (Wildman–Crippen LogP) is 14.5. The van der Waals surface area contributed by atoms with Gasteiger partial charge in [0.15, 0.2) is 0 Å². The van der Waals surface area contributed by atoms with Crippen LogP contribution in [-0.2, 0) is 0 Å². The first-order valence-corrected chi connectivity index (χ1v) is 19.4. The van der Waals surface area contributed by atoms with Gasteiger partial charge in [-0.1, -0.05) is 140 Å². The first-order valence-electron chi connectivity index (χ1n) is 19.4. The maximum atomic E-state index is 6.34.